The molecular formula is C6H11ClO3. The third-order valence-electron chi connectivity index (χ3n) is 1.46. The number of hydrogen-bond acceptors (Lipinski definition) is 3. The zero-order valence-electron chi connectivity index (χ0n) is 6.09. The van der Waals surface area contributed by atoms with Crippen LogP contribution in [0.2, 0.25) is 0 Å². The van der Waals surface area contributed by atoms with Crippen LogP contribution in [-0.4, -0.2) is 31.7 Å². The average Bonchev–Trinajstić information content (AvgIpc) is 2.33. The molecule has 1 aliphatic rings. The summed E-state index contributed by atoms with van der Waals surface area (Å²) in [6.45, 7) is 2.23. The van der Waals surface area contributed by atoms with Crippen molar-refractivity contribution < 1.29 is 14.2 Å². The highest BCUT2D eigenvalue weighted by atomic mass is 35.5. The molecule has 1 aliphatic heterocycles. The average molecular weight is 167 g/mol. The molecule has 4 heteroatoms. The first kappa shape index (κ1) is 8.27. The molecule has 0 radical (unpaired) electrons. The number of ether oxygens (including phenoxy) is 3. The molecule has 0 aromatic heterocycles. The van der Waals surface area contributed by atoms with E-state index in [0.29, 0.717) is 12.5 Å². The fourth-order valence-electron chi connectivity index (χ4n) is 0.798. The van der Waals surface area contributed by atoms with Gasteiger partial charge in [0, 0.05) is 14.0 Å². The van der Waals surface area contributed by atoms with Crippen LogP contribution < -0.4 is 0 Å². The van der Waals surface area contributed by atoms with Gasteiger partial charge in [-0.25, -0.2) is 0 Å². The van der Waals surface area contributed by atoms with Crippen molar-refractivity contribution in [1.82, 2.24) is 0 Å². The summed E-state index contributed by atoms with van der Waals surface area (Å²) in [5, 5.41) is 0. The summed E-state index contributed by atoms with van der Waals surface area (Å²) in [6.07, 6.45) is -0.0355. The second kappa shape index (κ2) is 3.05. The Balaban J connectivity index is 2.41. The van der Waals surface area contributed by atoms with Crippen molar-refractivity contribution >= 4 is 11.6 Å². The Morgan fingerprint density at radius 3 is 2.80 bits per heavy atom. The van der Waals surface area contributed by atoms with Gasteiger partial charge in [-0.3, -0.25) is 0 Å². The van der Waals surface area contributed by atoms with Gasteiger partial charge in [0.05, 0.1) is 12.5 Å². The van der Waals surface area contributed by atoms with Gasteiger partial charge in [-0.2, -0.15) is 0 Å². The molecule has 3 nitrogen and oxygen atoms in total. The SMILES string of the molecule is COC1(C)OCC(CCl)O1. The normalized spacial score (nSPS) is 40.5. The predicted molar refractivity (Wildman–Crippen MR) is 37.0 cm³/mol. The Labute approximate surface area is 65.2 Å². The van der Waals surface area contributed by atoms with Crippen LogP contribution in [0.3, 0.4) is 0 Å². The number of hydrogen-bond donors (Lipinski definition) is 0. The van der Waals surface area contributed by atoms with E-state index in [4.69, 9.17) is 25.8 Å². The Morgan fingerprint density at radius 2 is 2.50 bits per heavy atom. The second-order valence-electron chi connectivity index (χ2n) is 2.27. The maximum Gasteiger partial charge on any atom is 0.280 e. The van der Waals surface area contributed by atoms with E-state index in [1.165, 1.54) is 7.11 Å². The van der Waals surface area contributed by atoms with E-state index in [1.54, 1.807) is 6.92 Å². The van der Waals surface area contributed by atoms with Gasteiger partial charge in [-0.15, -0.1) is 11.6 Å². The van der Waals surface area contributed by atoms with Gasteiger partial charge in [0.25, 0.3) is 5.97 Å². The van der Waals surface area contributed by atoms with Crippen molar-refractivity contribution in [3.63, 3.8) is 0 Å². The van der Waals surface area contributed by atoms with Crippen LogP contribution in [-0.2, 0) is 14.2 Å². The van der Waals surface area contributed by atoms with Crippen molar-refractivity contribution in [2.75, 3.05) is 19.6 Å². The zero-order chi connectivity index (χ0) is 7.61. The van der Waals surface area contributed by atoms with Gasteiger partial charge in [0.1, 0.15) is 6.10 Å². The summed E-state index contributed by atoms with van der Waals surface area (Å²) in [5.74, 6) is -0.432. The molecule has 1 rings (SSSR count). The van der Waals surface area contributed by atoms with Crippen molar-refractivity contribution in [2.45, 2.75) is 19.0 Å². The fourth-order valence-corrected chi connectivity index (χ4v) is 0.950. The van der Waals surface area contributed by atoms with Gasteiger partial charge in [-0.05, 0) is 0 Å². The summed E-state index contributed by atoms with van der Waals surface area (Å²) < 4.78 is 15.4. The van der Waals surface area contributed by atoms with Crippen LogP contribution in [0.1, 0.15) is 6.92 Å². The molecule has 60 valence electrons. The molecule has 0 N–H and O–H groups in total. The van der Waals surface area contributed by atoms with E-state index in [9.17, 15) is 0 Å². The summed E-state index contributed by atoms with van der Waals surface area (Å²) in [4.78, 5) is 0. The maximum absolute atomic E-state index is 5.53. The number of halogens is 1. The van der Waals surface area contributed by atoms with Crippen LogP contribution in [0.5, 0.6) is 0 Å². The molecule has 0 bridgehead atoms. The topological polar surface area (TPSA) is 27.7 Å². The van der Waals surface area contributed by atoms with Crippen molar-refractivity contribution in [3.05, 3.63) is 0 Å². The molecule has 2 unspecified atom stereocenters. The standard InChI is InChI=1S/C6H11ClO3/c1-6(8-2)9-4-5(3-7)10-6/h5H,3-4H2,1-2H3. The molecule has 0 aromatic carbocycles. The van der Waals surface area contributed by atoms with Crippen LogP contribution in [0.4, 0.5) is 0 Å². The summed E-state index contributed by atoms with van der Waals surface area (Å²) in [7, 11) is 1.54. The first-order chi connectivity index (χ1) is 4.70. The van der Waals surface area contributed by atoms with Crippen LogP contribution >= 0.6 is 11.6 Å². The quantitative estimate of drug-likeness (QED) is 0.572. The molecule has 1 heterocycles. The third kappa shape index (κ3) is 1.61. The van der Waals surface area contributed by atoms with E-state index in [0.717, 1.165) is 0 Å². The fraction of sp³-hybridized carbons (Fsp3) is 1.00. The van der Waals surface area contributed by atoms with Gasteiger partial charge >= 0.3 is 0 Å². The summed E-state index contributed by atoms with van der Waals surface area (Å²) in [5.41, 5.74) is 0. The lowest BCUT2D eigenvalue weighted by Crippen LogP contribution is -2.29. The lowest BCUT2D eigenvalue weighted by molar-refractivity contribution is -0.312. The number of methoxy groups -OCH3 is 1. The van der Waals surface area contributed by atoms with Gasteiger partial charge in [-0.1, -0.05) is 0 Å². The van der Waals surface area contributed by atoms with E-state index < -0.39 is 5.97 Å². The molecule has 0 aliphatic carbocycles. The largest absolute Gasteiger partial charge is 0.331 e. The molecule has 10 heavy (non-hydrogen) atoms. The van der Waals surface area contributed by atoms with Crippen LogP contribution in [0.25, 0.3) is 0 Å². The van der Waals surface area contributed by atoms with Crippen molar-refractivity contribution in [2.24, 2.45) is 0 Å². The number of alkyl halides is 1. The highest BCUT2D eigenvalue weighted by Crippen LogP contribution is 2.23. The minimum absolute atomic E-state index is 0.0355. The second-order valence-corrected chi connectivity index (χ2v) is 2.58. The lowest BCUT2D eigenvalue weighted by atomic mass is 10.4. The minimum atomic E-state index is -0.875. The van der Waals surface area contributed by atoms with E-state index in [1.807, 2.05) is 0 Å². The number of rotatable bonds is 2. The van der Waals surface area contributed by atoms with Gasteiger partial charge in [0.15, 0.2) is 0 Å². The minimum Gasteiger partial charge on any atom is -0.331 e. The zero-order valence-corrected chi connectivity index (χ0v) is 6.85. The summed E-state index contributed by atoms with van der Waals surface area (Å²) in [6, 6.07) is 0. The summed E-state index contributed by atoms with van der Waals surface area (Å²) >= 11 is 5.53. The molecule has 2 atom stereocenters. The first-order valence-electron chi connectivity index (χ1n) is 3.13. The van der Waals surface area contributed by atoms with Gasteiger partial charge in [0.2, 0.25) is 0 Å². The molecule has 1 saturated heterocycles. The smallest absolute Gasteiger partial charge is 0.280 e. The molecular weight excluding hydrogens is 156 g/mol. The molecule has 0 saturated carbocycles. The monoisotopic (exact) mass is 166 g/mol. The maximum atomic E-state index is 5.53. The Bertz CT molecular complexity index is 120. The van der Waals surface area contributed by atoms with Crippen molar-refractivity contribution in [1.29, 1.82) is 0 Å². The molecule has 0 spiro atoms. The van der Waals surface area contributed by atoms with Crippen molar-refractivity contribution in [3.8, 4) is 0 Å². The molecule has 0 amide bonds. The highest BCUT2D eigenvalue weighted by Gasteiger charge is 2.36. The lowest BCUT2D eigenvalue weighted by Gasteiger charge is -2.19. The Kier molecular flexibility index (Phi) is 2.52. The first-order valence-corrected chi connectivity index (χ1v) is 3.66. The third-order valence-corrected chi connectivity index (χ3v) is 1.80. The highest BCUT2D eigenvalue weighted by molar-refractivity contribution is 6.18. The van der Waals surface area contributed by atoms with E-state index >= 15 is 0 Å². The van der Waals surface area contributed by atoms with Crippen LogP contribution in [0, 0.1) is 0 Å². The molecule has 1 fully saturated rings. The molecule has 0 aromatic rings. The predicted octanol–water partition coefficient (Wildman–Crippen LogP) is 0.961. The van der Waals surface area contributed by atoms with E-state index in [-0.39, 0.29) is 6.10 Å². The Hall–Kier alpha value is 0.170. The van der Waals surface area contributed by atoms with E-state index in [2.05, 4.69) is 0 Å². The van der Waals surface area contributed by atoms with Gasteiger partial charge < -0.3 is 14.2 Å². The van der Waals surface area contributed by atoms with Crippen LogP contribution in [0.15, 0.2) is 0 Å². The Morgan fingerprint density at radius 1 is 1.80 bits per heavy atom.